The molecule has 0 unspecified atom stereocenters. The van der Waals surface area contributed by atoms with Gasteiger partial charge in [0.25, 0.3) is 0 Å². The summed E-state index contributed by atoms with van der Waals surface area (Å²) in [7, 11) is 0. The number of benzene rings is 8. The lowest BCUT2D eigenvalue weighted by atomic mass is 10.0. The van der Waals surface area contributed by atoms with Crippen molar-refractivity contribution in [2.75, 3.05) is 4.90 Å². The van der Waals surface area contributed by atoms with Gasteiger partial charge in [0.1, 0.15) is 16.7 Å². The van der Waals surface area contributed by atoms with Crippen LogP contribution in [-0.4, -0.2) is 4.98 Å². The maximum atomic E-state index is 6.59. The Bertz CT molecular complexity index is 2850. The topological polar surface area (TPSA) is 42.4 Å². The molecule has 0 radical (unpaired) electrons. The van der Waals surface area contributed by atoms with Gasteiger partial charge in [-0.1, -0.05) is 103 Å². The zero-order valence-corrected chi connectivity index (χ0v) is 26.4. The van der Waals surface area contributed by atoms with Crippen LogP contribution in [0.25, 0.3) is 77.2 Å². The molecule has 2 aromatic heterocycles. The zero-order chi connectivity index (χ0) is 32.3. The van der Waals surface area contributed by atoms with E-state index in [4.69, 9.17) is 13.8 Å². The Morgan fingerprint density at radius 3 is 2.04 bits per heavy atom. The number of anilines is 3. The summed E-state index contributed by atoms with van der Waals surface area (Å²) in [5, 5.41) is 6.65. The molecule has 0 atom stereocenters. The van der Waals surface area contributed by atoms with Crippen molar-refractivity contribution in [3.8, 4) is 22.6 Å². The molecule has 8 aromatic carbocycles. The Balaban J connectivity index is 1.16. The highest BCUT2D eigenvalue weighted by Gasteiger charge is 2.19. The molecule has 0 amide bonds. The van der Waals surface area contributed by atoms with Crippen LogP contribution in [0.3, 0.4) is 0 Å². The summed E-state index contributed by atoms with van der Waals surface area (Å²) in [6, 6.07) is 59.3. The Morgan fingerprint density at radius 1 is 0.388 bits per heavy atom. The lowest BCUT2D eigenvalue weighted by Gasteiger charge is -2.26. The van der Waals surface area contributed by atoms with Gasteiger partial charge in [0, 0.05) is 44.9 Å². The number of fused-ring (bicyclic) bond motifs is 7. The van der Waals surface area contributed by atoms with Gasteiger partial charge in [-0.25, -0.2) is 4.98 Å². The first-order chi connectivity index (χ1) is 24.2. The first-order valence-corrected chi connectivity index (χ1v) is 16.4. The van der Waals surface area contributed by atoms with Crippen molar-refractivity contribution in [1.29, 1.82) is 0 Å². The van der Waals surface area contributed by atoms with E-state index in [1.807, 2.05) is 24.3 Å². The second-order valence-corrected chi connectivity index (χ2v) is 12.4. The third-order valence-corrected chi connectivity index (χ3v) is 9.44. The van der Waals surface area contributed by atoms with Gasteiger partial charge in [0.05, 0.1) is 0 Å². The van der Waals surface area contributed by atoms with E-state index in [-0.39, 0.29) is 0 Å². The molecule has 0 N–H and O–H groups in total. The van der Waals surface area contributed by atoms with Crippen LogP contribution in [0.2, 0.25) is 0 Å². The lowest BCUT2D eigenvalue weighted by Crippen LogP contribution is -2.10. The van der Waals surface area contributed by atoms with Gasteiger partial charge in [0.2, 0.25) is 5.89 Å². The fraction of sp³-hybridized carbons (Fsp3) is 0. The van der Waals surface area contributed by atoms with E-state index in [2.05, 4.69) is 150 Å². The fourth-order valence-corrected chi connectivity index (χ4v) is 7.03. The van der Waals surface area contributed by atoms with Crippen molar-refractivity contribution >= 4 is 71.6 Å². The van der Waals surface area contributed by atoms with Gasteiger partial charge in [-0.3, -0.25) is 0 Å². The van der Waals surface area contributed by atoms with E-state index in [0.29, 0.717) is 5.89 Å². The summed E-state index contributed by atoms with van der Waals surface area (Å²) in [6.45, 7) is 0. The van der Waals surface area contributed by atoms with E-state index in [9.17, 15) is 0 Å². The van der Waals surface area contributed by atoms with Crippen molar-refractivity contribution in [2.45, 2.75) is 0 Å². The molecule has 10 aromatic rings. The fourth-order valence-electron chi connectivity index (χ4n) is 7.03. The highest BCUT2D eigenvalue weighted by molar-refractivity contribution is 6.08. The number of para-hydroxylation sites is 1. The average molecular weight is 629 g/mol. The molecule has 10 rings (SSSR count). The summed E-state index contributed by atoms with van der Waals surface area (Å²) < 4.78 is 12.9. The van der Waals surface area contributed by atoms with Crippen LogP contribution in [-0.2, 0) is 0 Å². The second kappa shape index (κ2) is 11.0. The molecule has 0 bridgehead atoms. The molecule has 4 heteroatoms. The minimum absolute atomic E-state index is 0.612. The van der Waals surface area contributed by atoms with Crippen LogP contribution in [0.1, 0.15) is 0 Å². The van der Waals surface area contributed by atoms with Crippen LogP contribution in [0.5, 0.6) is 0 Å². The Morgan fingerprint density at radius 2 is 1.10 bits per heavy atom. The zero-order valence-electron chi connectivity index (χ0n) is 26.4. The van der Waals surface area contributed by atoms with Crippen molar-refractivity contribution in [2.24, 2.45) is 0 Å². The molecule has 0 aliphatic rings. The number of rotatable bonds is 5. The van der Waals surface area contributed by atoms with Gasteiger partial charge < -0.3 is 13.7 Å². The Kier molecular flexibility index (Phi) is 6.15. The van der Waals surface area contributed by atoms with Gasteiger partial charge in [0.15, 0.2) is 5.58 Å². The number of hydrogen-bond donors (Lipinski definition) is 0. The maximum Gasteiger partial charge on any atom is 0.227 e. The largest absolute Gasteiger partial charge is 0.456 e. The van der Waals surface area contributed by atoms with Crippen molar-refractivity contribution < 1.29 is 8.83 Å². The second-order valence-electron chi connectivity index (χ2n) is 12.4. The number of oxazole rings is 1. The third kappa shape index (κ3) is 4.65. The summed E-state index contributed by atoms with van der Waals surface area (Å²) in [5.74, 6) is 0.612. The minimum Gasteiger partial charge on any atom is -0.456 e. The van der Waals surface area contributed by atoms with Crippen LogP contribution in [0.4, 0.5) is 17.1 Å². The van der Waals surface area contributed by atoms with Crippen LogP contribution in [0.15, 0.2) is 179 Å². The Hall–Kier alpha value is -6.65. The highest BCUT2D eigenvalue weighted by Crippen LogP contribution is 2.42. The number of furan rings is 1. The van der Waals surface area contributed by atoms with E-state index < -0.39 is 0 Å². The van der Waals surface area contributed by atoms with E-state index in [1.165, 1.54) is 10.9 Å². The molecule has 0 saturated heterocycles. The molecule has 0 spiro atoms. The monoisotopic (exact) mass is 628 g/mol. The molecule has 0 aliphatic heterocycles. The summed E-state index contributed by atoms with van der Waals surface area (Å²) in [4.78, 5) is 7.23. The smallest absolute Gasteiger partial charge is 0.227 e. The highest BCUT2D eigenvalue weighted by atomic mass is 16.3. The molecule has 230 valence electrons. The van der Waals surface area contributed by atoms with Crippen LogP contribution in [0, 0.1) is 0 Å². The van der Waals surface area contributed by atoms with E-state index in [0.717, 1.165) is 77.4 Å². The Labute approximate surface area is 282 Å². The number of hydrogen-bond acceptors (Lipinski definition) is 4. The van der Waals surface area contributed by atoms with E-state index in [1.54, 1.807) is 0 Å². The summed E-state index contributed by atoms with van der Waals surface area (Å²) in [6.07, 6.45) is 0. The molecule has 49 heavy (non-hydrogen) atoms. The van der Waals surface area contributed by atoms with Crippen LogP contribution >= 0.6 is 0 Å². The normalized spacial score (nSPS) is 11.7. The standard InChI is InChI=1S/C45H28N2O2/c1-2-9-29(10-3-1)33-13-8-14-35(26-33)47(37-22-23-39-38-15-6-7-16-42(38)48-43(39)28-37)36-21-19-31-20-24-41-44(40(31)27-36)49-45(46-41)34-18-17-30-11-4-5-12-32(30)25-34/h1-28H. The van der Waals surface area contributed by atoms with Crippen molar-refractivity contribution in [3.63, 3.8) is 0 Å². The molecule has 4 nitrogen and oxygen atoms in total. The van der Waals surface area contributed by atoms with Gasteiger partial charge in [-0.15, -0.1) is 0 Å². The molecular weight excluding hydrogens is 601 g/mol. The SMILES string of the molecule is c1ccc(-c2cccc(N(c3ccc4c(c3)oc3ccccc34)c3ccc4ccc5nc(-c6ccc7ccccc7c6)oc5c4c3)c2)cc1. The van der Waals surface area contributed by atoms with Crippen LogP contribution < -0.4 is 4.90 Å². The van der Waals surface area contributed by atoms with Gasteiger partial charge >= 0.3 is 0 Å². The van der Waals surface area contributed by atoms with Crippen molar-refractivity contribution in [3.05, 3.63) is 170 Å². The predicted molar refractivity (Wildman–Crippen MR) is 202 cm³/mol. The average Bonchev–Trinajstić information content (AvgIpc) is 3.77. The maximum absolute atomic E-state index is 6.59. The molecule has 2 heterocycles. The molecule has 0 fully saturated rings. The first-order valence-electron chi connectivity index (χ1n) is 16.4. The first kappa shape index (κ1) is 27.5. The van der Waals surface area contributed by atoms with E-state index >= 15 is 0 Å². The quantitative estimate of drug-likeness (QED) is 0.190. The number of aromatic nitrogens is 1. The lowest BCUT2D eigenvalue weighted by molar-refractivity contribution is 0.623. The summed E-state index contributed by atoms with van der Waals surface area (Å²) in [5.41, 5.74) is 9.64. The van der Waals surface area contributed by atoms with Gasteiger partial charge in [-0.05, 0) is 87.9 Å². The predicted octanol–water partition coefficient (Wildman–Crippen LogP) is 12.8. The summed E-state index contributed by atoms with van der Waals surface area (Å²) >= 11 is 0. The van der Waals surface area contributed by atoms with Gasteiger partial charge in [-0.2, -0.15) is 0 Å². The molecule has 0 aliphatic carbocycles. The minimum atomic E-state index is 0.612. The third-order valence-electron chi connectivity index (χ3n) is 9.44. The number of nitrogens with zero attached hydrogens (tertiary/aromatic N) is 2. The molecule has 0 saturated carbocycles. The molecular formula is C45H28N2O2. The van der Waals surface area contributed by atoms with Crippen molar-refractivity contribution in [1.82, 2.24) is 4.98 Å².